The lowest BCUT2D eigenvalue weighted by Gasteiger charge is -2.36. The minimum Gasteiger partial charge on any atom is -0.481 e. The smallest absolute Gasteiger partial charge is 0.308 e. The highest BCUT2D eigenvalue weighted by Crippen LogP contribution is 2.23. The Kier molecular flexibility index (Phi) is 3.83. The summed E-state index contributed by atoms with van der Waals surface area (Å²) in [5, 5.41) is 14.4. The quantitative estimate of drug-likeness (QED) is 0.937. The molecule has 2 unspecified atom stereocenters. The van der Waals surface area contributed by atoms with Crippen molar-refractivity contribution in [1.82, 2.24) is 14.7 Å². The van der Waals surface area contributed by atoms with Gasteiger partial charge in [-0.2, -0.15) is 5.10 Å². The normalized spacial score (nSPS) is 22.0. The van der Waals surface area contributed by atoms with E-state index in [1.807, 2.05) is 31.2 Å². The highest BCUT2D eigenvalue weighted by atomic mass is 16.4. The predicted molar refractivity (Wildman–Crippen MR) is 81.3 cm³/mol. The number of rotatable bonds is 3. The Morgan fingerprint density at radius 2 is 2.09 bits per heavy atom. The molecule has 1 aliphatic heterocycles. The zero-order valence-electron chi connectivity index (χ0n) is 12.5. The molecule has 1 saturated heterocycles. The lowest BCUT2D eigenvalue weighted by molar-refractivity contribution is -0.147. The molecule has 1 aromatic heterocycles. The number of amides is 1. The maximum absolute atomic E-state index is 12.6. The zero-order chi connectivity index (χ0) is 15.7. The van der Waals surface area contributed by atoms with Gasteiger partial charge in [0, 0.05) is 18.0 Å². The number of hydrogen-bond donors (Lipinski definition) is 1. The summed E-state index contributed by atoms with van der Waals surface area (Å²) in [6.07, 6.45) is 3.09. The van der Waals surface area contributed by atoms with Crippen LogP contribution in [0.5, 0.6) is 0 Å². The number of nitrogens with zero attached hydrogens (tertiary/aromatic N) is 3. The van der Waals surface area contributed by atoms with Gasteiger partial charge < -0.3 is 10.0 Å². The van der Waals surface area contributed by atoms with Crippen LogP contribution in [0.3, 0.4) is 0 Å². The number of carboxylic acids is 1. The van der Waals surface area contributed by atoms with Crippen molar-refractivity contribution >= 4 is 22.8 Å². The maximum Gasteiger partial charge on any atom is 0.308 e. The number of fused-ring (bicyclic) bond motifs is 1. The van der Waals surface area contributed by atoms with E-state index in [0.717, 1.165) is 17.3 Å². The number of carboxylic acid groups (broad SMARTS) is 1. The van der Waals surface area contributed by atoms with Crippen molar-refractivity contribution in [1.29, 1.82) is 0 Å². The fourth-order valence-corrected chi connectivity index (χ4v) is 3.03. The summed E-state index contributed by atoms with van der Waals surface area (Å²) in [7, 11) is 0. The molecule has 1 N–H and O–H groups in total. The second-order valence-corrected chi connectivity index (χ2v) is 5.87. The molecule has 116 valence electrons. The van der Waals surface area contributed by atoms with E-state index in [9.17, 15) is 9.59 Å². The summed E-state index contributed by atoms with van der Waals surface area (Å²) in [6, 6.07) is 7.79. The Morgan fingerprint density at radius 1 is 1.32 bits per heavy atom. The van der Waals surface area contributed by atoms with Gasteiger partial charge in [-0.15, -0.1) is 0 Å². The van der Waals surface area contributed by atoms with Gasteiger partial charge in [0.05, 0.1) is 17.6 Å². The third-order valence-electron chi connectivity index (χ3n) is 4.39. The monoisotopic (exact) mass is 301 g/mol. The van der Waals surface area contributed by atoms with Crippen LogP contribution in [-0.2, 0) is 16.1 Å². The van der Waals surface area contributed by atoms with Gasteiger partial charge in [-0.05, 0) is 25.8 Å². The average Bonchev–Trinajstić information content (AvgIpc) is 2.90. The molecule has 6 nitrogen and oxygen atoms in total. The summed E-state index contributed by atoms with van der Waals surface area (Å²) >= 11 is 0. The van der Waals surface area contributed by atoms with E-state index < -0.39 is 11.9 Å². The number of hydrogen-bond acceptors (Lipinski definition) is 3. The minimum atomic E-state index is -0.825. The van der Waals surface area contributed by atoms with Gasteiger partial charge in [-0.1, -0.05) is 18.2 Å². The lowest BCUT2D eigenvalue weighted by Crippen LogP contribution is -2.48. The Balaban J connectivity index is 1.77. The Hall–Kier alpha value is -2.37. The van der Waals surface area contributed by atoms with Gasteiger partial charge in [-0.3, -0.25) is 14.3 Å². The SMILES string of the molecule is CC1CCC(C(=O)O)CN1C(=O)Cn1ncc2ccccc21. The average molecular weight is 301 g/mol. The van der Waals surface area contributed by atoms with Crippen molar-refractivity contribution in [2.24, 2.45) is 5.92 Å². The largest absolute Gasteiger partial charge is 0.481 e. The zero-order valence-corrected chi connectivity index (χ0v) is 12.5. The highest BCUT2D eigenvalue weighted by Gasteiger charge is 2.32. The molecule has 2 atom stereocenters. The van der Waals surface area contributed by atoms with Crippen LogP contribution < -0.4 is 0 Å². The van der Waals surface area contributed by atoms with E-state index in [2.05, 4.69) is 5.10 Å². The number of carbonyl (C=O) groups excluding carboxylic acids is 1. The molecule has 0 saturated carbocycles. The van der Waals surface area contributed by atoms with Crippen LogP contribution in [-0.4, -0.2) is 44.3 Å². The molecule has 2 heterocycles. The Bertz CT molecular complexity index is 709. The molecule has 0 aliphatic carbocycles. The maximum atomic E-state index is 12.6. The molecule has 1 amide bonds. The highest BCUT2D eigenvalue weighted by molar-refractivity contribution is 5.82. The summed E-state index contributed by atoms with van der Waals surface area (Å²) < 4.78 is 1.68. The van der Waals surface area contributed by atoms with Crippen molar-refractivity contribution in [3.63, 3.8) is 0 Å². The van der Waals surface area contributed by atoms with Crippen molar-refractivity contribution < 1.29 is 14.7 Å². The van der Waals surface area contributed by atoms with Crippen LogP contribution in [0.4, 0.5) is 0 Å². The number of aromatic nitrogens is 2. The second kappa shape index (κ2) is 5.79. The van der Waals surface area contributed by atoms with E-state index in [-0.39, 0.29) is 25.0 Å². The molecule has 0 bridgehead atoms. The number of likely N-dealkylation sites (tertiary alicyclic amines) is 1. The van der Waals surface area contributed by atoms with E-state index in [1.165, 1.54) is 0 Å². The van der Waals surface area contributed by atoms with Crippen molar-refractivity contribution in [3.8, 4) is 0 Å². The molecule has 3 rings (SSSR count). The van der Waals surface area contributed by atoms with E-state index >= 15 is 0 Å². The Labute approximate surface area is 128 Å². The molecule has 22 heavy (non-hydrogen) atoms. The van der Waals surface area contributed by atoms with Crippen LogP contribution in [0.25, 0.3) is 10.9 Å². The summed E-state index contributed by atoms with van der Waals surface area (Å²) in [4.78, 5) is 25.4. The molecular weight excluding hydrogens is 282 g/mol. The first-order chi connectivity index (χ1) is 10.6. The van der Waals surface area contributed by atoms with Gasteiger partial charge in [0.2, 0.25) is 5.91 Å². The molecule has 1 aliphatic rings. The summed E-state index contributed by atoms with van der Waals surface area (Å²) in [5.41, 5.74) is 0.912. The van der Waals surface area contributed by atoms with Gasteiger partial charge in [0.25, 0.3) is 0 Å². The number of carbonyl (C=O) groups is 2. The molecule has 1 fully saturated rings. The first kappa shape index (κ1) is 14.6. The predicted octanol–water partition coefficient (Wildman–Crippen LogP) is 1.75. The van der Waals surface area contributed by atoms with Crippen LogP contribution in [0.2, 0.25) is 0 Å². The first-order valence-electron chi connectivity index (χ1n) is 7.49. The number of para-hydroxylation sites is 1. The molecule has 1 aromatic carbocycles. The van der Waals surface area contributed by atoms with E-state index in [4.69, 9.17) is 5.11 Å². The third-order valence-corrected chi connectivity index (χ3v) is 4.39. The standard InChI is InChI=1S/C16H19N3O3/c1-11-6-7-13(16(21)22)9-18(11)15(20)10-19-14-5-3-2-4-12(14)8-17-19/h2-5,8,11,13H,6-7,9-10H2,1H3,(H,21,22). The summed E-state index contributed by atoms with van der Waals surface area (Å²) in [6.45, 7) is 2.40. The molecular formula is C16H19N3O3. The molecule has 2 aromatic rings. The molecule has 0 spiro atoms. The first-order valence-corrected chi connectivity index (χ1v) is 7.49. The van der Waals surface area contributed by atoms with Crippen molar-refractivity contribution in [2.75, 3.05) is 6.54 Å². The fraction of sp³-hybridized carbons (Fsp3) is 0.438. The third kappa shape index (κ3) is 2.68. The van der Waals surface area contributed by atoms with E-state index in [1.54, 1.807) is 15.8 Å². The van der Waals surface area contributed by atoms with Crippen LogP contribution in [0.15, 0.2) is 30.5 Å². The molecule has 0 radical (unpaired) electrons. The fourth-order valence-electron chi connectivity index (χ4n) is 3.03. The van der Waals surface area contributed by atoms with Crippen molar-refractivity contribution in [2.45, 2.75) is 32.4 Å². The van der Waals surface area contributed by atoms with Gasteiger partial charge in [0.1, 0.15) is 6.54 Å². The second-order valence-electron chi connectivity index (χ2n) is 5.87. The van der Waals surface area contributed by atoms with Gasteiger partial charge in [-0.25, -0.2) is 0 Å². The van der Waals surface area contributed by atoms with Crippen LogP contribution >= 0.6 is 0 Å². The number of piperidine rings is 1. The van der Waals surface area contributed by atoms with Crippen LogP contribution in [0.1, 0.15) is 19.8 Å². The lowest BCUT2D eigenvalue weighted by atomic mass is 9.93. The van der Waals surface area contributed by atoms with Crippen LogP contribution in [0, 0.1) is 5.92 Å². The van der Waals surface area contributed by atoms with Crippen molar-refractivity contribution in [3.05, 3.63) is 30.5 Å². The number of benzene rings is 1. The summed E-state index contributed by atoms with van der Waals surface area (Å²) in [5.74, 6) is -1.36. The van der Waals surface area contributed by atoms with E-state index in [0.29, 0.717) is 6.42 Å². The topological polar surface area (TPSA) is 75.4 Å². The van der Waals surface area contributed by atoms with Gasteiger partial charge >= 0.3 is 5.97 Å². The molecule has 6 heteroatoms. The minimum absolute atomic E-state index is 0.0740. The van der Waals surface area contributed by atoms with Gasteiger partial charge in [0.15, 0.2) is 0 Å². The Morgan fingerprint density at radius 3 is 2.86 bits per heavy atom. The number of aliphatic carboxylic acids is 1.